The van der Waals surface area contributed by atoms with Crippen molar-refractivity contribution in [3.8, 4) is 5.69 Å². The second kappa shape index (κ2) is 6.64. The van der Waals surface area contributed by atoms with E-state index in [2.05, 4.69) is 16.5 Å². The summed E-state index contributed by atoms with van der Waals surface area (Å²) in [6.45, 7) is 7.52. The van der Waals surface area contributed by atoms with Gasteiger partial charge >= 0.3 is 6.09 Å². The molecule has 0 bridgehead atoms. The minimum absolute atomic E-state index is 0.0114. The topological polar surface area (TPSA) is 56.2 Å². The summed E-state index contributed by atoms with van der Waals surface area (Å²) in [5, 5.41) is 7.08. The Labute approximate surface area is 131 Å². The zero-order valence-electron chi connectivity index (χ0n) is 13.5. The predicted octanol–water partition coefficient (Wildman–Crippen LogP) is 3.33. The molecule has 0 radical (unpaired) electrons. The number of amides is 1. The summed E-state index contributed by atoms with van der Waals surface area (Å²) in [5.41, 5.74) is 1.66. The van der Waals surface area contributed by atoms with Crippen LogP contribution >= 0.6 is 0 Å². The van der Waals surface area contributed by atoms with Crippen molar-refractivity contribution in [2.24, 2.45) is 0 Å². The smallest absolute Gasteiger partial charge is 0.407 e. The molecule has 1 aromatic carbocycles. The van der Waals surface area contributed by atoms with Crippen molar-refractivity contribution in [1.29, 1.82) is 0 Å². The molecule has 1 heterocycles. The van der Waals surface area contributed by atoms with E-state index in [4.69, 9.17) is 4.74 Å². The Balaban J connectivity index is 1.96. The summed E-state index contributed by atoms with van der Waals surface area (Å²) in [4.78, 5) is 11.8. The third kappa shape index (κ3) is 4.91. The van der Waals surface area contributed by atoms with Crippen LogP contribution in [0.1, 0.15) is 33.3 Å². The van der Waals surface area contributed by atoms with Gasteiger partial charge in [0.1, 0.15) is 5.60 Å². The first-order chi connectivity index (χ1) is 10.3. The minimum Gasteiger partial charge on any atom is -0.444 e. The maximum atomic E-state index is 11.8. The third-order valence-electron chi connectivity index (χ3n) is 2.98. The summed E-state index contributed by atoms with van der Waals surface area (Å²) in [6.07, 6.45) is 4.00. The van der Waals surface area contributed by atoms with E-state index < -0.39 is 5.60 Å². The van der Waals surface area contributed by atoms with Crippen molar-refractivity contribution in [2.45, 2.75) is 45.8 Å². The SMILES string of the molecule is C[C@H](Cc1cccc(-n2cccn2)c1)NC(=O)OC(C)(C)C. The van der Waals surface area contributed by atoms with Crippen molar-refractivity contribution in [1.82, 2.24) is 15.1 Å². The molecule has 0 spiro atoms. The van der Waals surface area contributed by atoms with E-state index in [0.29, 0.717) is 0 Å². The Bertz CT molecular complexity index is 615. The molecule has 0 saturated heterocycles. The van der Waals surface area contributed by atoms with Crippen LogP contribution in [-0.2, 0) is 11.2 Å². The van der Waals surface area contributed by atoms with Gasteiger partial charge in [-0.15, -0.1) is 0 Å². The fraction of sp³-hybridized carbons (Fsp3) is 0.412. The molecule has 22 heavy (non-hydrogen) atoms. The molecule has 2 rings (SSSR count). The average molecular weight is 301 g/mol. The first kappa shape index (κ1) is 16.1. The van der Waals surface area contributed by atoms with Gasteiger partial charge in [0, 0.05) is 18.4 Å². The van der Waals surface area contributed by atoms with Gasteiger partial charge in [0.25, 0.3) is 0 Å². The lowest BCUT2D eigenvalue weighted by Crippen LogP contribution is -2.38. The van der Waals surface area contributed by atoms with E-state index in [-0.39, 0.29) is 12.1 Å². The highest BCUT2D eigenvalue weighted by Crippen LogP contribution is 2.12. The molecular weight excluding hydrogens is 278 g/mol. The summed E-state index contributed by atoms with van der Waals surface area (Å²) < 4.78 is 7.08. The van der Waals surface area contributed by atoms with E-state index in [9.17, 15) is 4.79 Å². The average Bonchev–Trinajstić information content (AvgIpc) is 2.89. The lowest BCUT2D eigenvalue weighted by molar-refractivity contribution is 0.0508. The summed E-state index contributed by atoms with van der Waals surface area (Å²) >= 11 is 0. The molecule has 118 valence electrons. The summed E-state index contributed by atoms with van der Waals surface area (Å²) in [6, 6.07) is 9.98. The van der Waals surface area contributed by atoms with Crippen LogP contribution in [-0.4, -0.2) is 27.5 Å². The summed E-state index contributed by atoms with van der Waals surface area (Å²) in [5.74, 6) is 0. The van der Waals surface area contributed by atoms with Gasteiger partial charge < -0.3 is 10.1 Å². The van der Waals surface area contributed by atoms with Gasteiger partial charge in [0.15, 0.2) is 0 Å². The number of ether oxygens (including phenoxy) is 1. The number of carbonyl (C=O) groups excluding carboxylic acids is 1. The number of nitrogens with one attached hydrogen (secondary N) is 1. The first-order valence-electron chi connectivity index (χ1n) is 7.42. The lowest BCUT2D eigenvalue weighted by Gasteiger charge is -2.22. The number of rotatable bonds is 4. The third-order valence-corrected chi connectivity index (χ3v) is 2.98. The standard InChI is InChI=1S/C17H23N3O2/c1-13(19-16(21)22-17(2,3)4)11-14-7-5-8-15(12-14)20-10-6-9-18-20/h5-10,12-13H,11H2,1-4H3,(H,19,21)/t13-/m1/s1. The van der Waals surface area contributed by atoms with Crippen LogP contribution in [0.15, 0.2) is 42.7 Å². The zero-order chi connectivity index (χ0) is 16.2. The molecule has 1 amide bonds. The predicted molar refractivity (Wildman–Crippen MR) is 86.1 cm³/mol. The molecule has 0 aliphatic rings. The zero-order valence-corrected chi connectivity index (χ0v) is 13.5. The maximum Gasteiger partial charge on any atom is 0.407 e. The monoisotopic (exact) mass is 301 g/mol. The fourth-order valence-electron chi connectivity index (χ4n) is 2.16. The Morgan fingerprint density at radius 3 is 2.77 bits per heavy atom. The van der Waals surface area contributed by atoms with E-state index in [1.807, 2.05) is 62.8 Å². The second-order valence-electron chi connectivity index (χ2n) is 6.37. The van der Waals surface area contributed by atoms with Crippen LogP contribution in [0, 0.1) is 0 Å². The Kier molecular flexibility index (Phi) is 4.85. The van der Waals surface area contributed by atoms with Crippen LogP contribution in [0.2, 0.25) is 0 Å². The Morgan fingerprint density at radius 2 is 2.14 bits per heavy atom. The van der Waals surface area contributed by atoms with Crippen LogP contribution < -0.4 is 5.32 Å². The van der Waals surface area contributed by atoms with Crippen LogP contribution in [0.25, 0.3) is 5.69 Å². The highest BCUT2D eigenvalue weighted by Gasteiger charge is 2.17. The van der Waals surface area contributed by atoms with Crippen molar-refractivity contribution in [3.63, 3.8) is 0 Å². The first-order valence-corrected chi connectivity index (χ1v) is 7.42. The lowest BCUT2D eigenvalue weighted by atomic mass is 10.1. The van der Waals surface area contributed by atoms with Gasteiger partial charge in [-0.1, -0.05) is 12.1 Å². The molecule has 1 N–H and O–H groups in total. The van der Waals surface area contributed by atoms with E-state index in [1.165, 1.54) is 0 Å². The van der Waals surface area contributed by atoms with Gasteiger partial charge in [-0.25, -0.2) is 9.48 Å². The van der Waals surface area contributed by atoms with Crippen molar-refractivity contribution in [3.05, 3.63) is 48.3 Å². The van der Waals surface area contributed by atoms with E-state index in [1.54, 1.807) is 6.20 Å². The largest absolute Gasteiger partial charge is 0.444 e. The van der Waals surface area contributed by atoms with Crippen molar-refractivity contribution >= 4 is 6.09 Å². The summed E-state index contributed by atoms with van der Waals surface area (Å²) in [7, 11) is 0. The number of carbonyl (C=O) groups is 1. The molecule has 0 aliphatic heterocycles. The Hall–Kier alpha value is -2.30. The minimum atomic E-state index is -0.482. The van der Waals surface area contributed by atoms with Crippen molar-refractivity contribution < 1.29 is 9.53 Å². The fourth-order valence-corrected chi connectivity index (χ4v) is 2.16. The molecule has 0 saturated carbocycles. The molecule has 5 nitrogen and oxygen atoms in total. The van der Waals surface area contributed by atoms with Gasteiger partial charge in [-0.3, -0.25) is 0 Å². The van der Waals surface area contributed by atoms with E-state index in [0.717, 1.165) is 17.7 Å². The number of benzene rings is 1. The van der Waals surface area contributed by atoms with Crippen LogP contribution in [0.4, 0.5) is 4.79 Å². The number of nitrogens with zero attached hydrogens (tertiary/aromatic N) is 2. The molecule has 1 aromatic heterocycles. The number of hydrogen-bond acceptors (Lipinski definition) is 3. The molecule has 2 aromatic rings. The number of aromatic nitrogens is 2. The highest BCUT2D eigenvalue weighted by molar-refractivity contribution is 5.68. The van der Waals surface area contributed by atoms with Crippen LogP contribution in [0.3, 0.4) is 0 Å². The number of hydrogen-bond donors (Lipinski definition) is 1. The van der Waals surface area contributed by atoms with Gasteiger partial charge in [-0.2, -0.15) is 5.10 Å². The van der Waals surface area contributed by atoms with E-state index >= 15 is 0 Å². The molecule has 5 heteroatoms. The van der Waals surface area contributed by atoms with Gasteiger partial charge in [0.2, 0.25) is 0 Å². The van der Waals surface area contributed by atoms with Gasteiger partial charge in [-0.05, 0) is 57.9 Å². The normalized spacial score (nSPS) is 12.7. The van der Waals surface area contributed by atoms with Crippen molar-refractivity contribution in [2.75, 3.05) is 0 Å². The van der Waals surface area contributed by atoms with Gasteiger partial charge in [0.05, 0.1) is 5.69 Å². The van der Waals surface area contributed by atoms with Crippen LogP contribution in [0.5, 0.6) is 0 Å². The maximum absolute atomic E-state index is 11.8. The molecule has 1 atom stereocenters. The number of alkyl carbamates (subject to hydrolysis) is 1. The quantitative estimate of drug-likeness (QED) is 0.942. The molecular formula is C17H23N3O2. The molecule has 0 fully saturated rings. The highest BCUT2D eigenvalue weighted by atomic mass is 16.6. The molecule has 0 unspecified atom stereocenters. The second-order valence-corrected chi connectivity index (χ2v) is 6.37. The molecule has 0 aliphatic carbocycles. The Morgan fingerprint density at radius 1 is 1.36 bits per heavy atom.